The summed E-state index contributed by atoms with van der Waals surface area (Å²) in [6.07, 6.45) is 14.1. The average Bonchev–Trinajstić information content (AvgIpc) is 3.12. The van der Waals surface area contributed by atoms with Gasteiger partial charge in [0.15, 0.2) is 27.7 Å². The van der Waals surface area contributed by atoms with Crippen LogP contribution in [0.3, 0.4) is 0 Å². The first kappa shape index (κ1) is 46.6. The van der Waals surface area contributed by atoms with Gasteiger partial charge in [-0.2, -0.15) is 0 Å². The van der Waals surface area contributed by atoms with Gasteiger partial charge in [0, 0.05) is 11.1 Å². The van der Waals surface area contributed by atoms with E-state index in [-0.39, 0.29) is 0 Å². The first-order valence-electron chi connectivity index (χ1n) is 20.3. The van der Waals surface area contributed by atoms with Gasteiger partial charge >= 0.3 is 14.5 Å². The Bertz CT molecular complexity index is 1640. The Morgan fingerprint density at radius 3 is 1.69 bits per heavy atom. The van der Waals surface area contributed by atoms with Crippen LogP contribution in [0.1, 0.15) is 105 Å². The second kappa shape index (κ2) is 24.1. The van der Waals surface area contributed by atoms with Crippen molar-refractivity contribution >= 4 is 42.2 Å². The number of benzene rings is 3. The van der Waals surface area contributed by atoms with Crippen LogP contribution in [0.15, 0.2) is 77.7 Å². The highest BCUT2D eigenvalue weighted by Crippen LogP contribution is 2.25. The summed E-state index contributed by atoms with van der Waals surface area (Å²) in [6, 6.07) is 22.6. The molecule has 0 aromatic heterocycles. The highest BCUT2D eigenvalue weighted by atomic mass is 32.2. The van der Waals surface area contributed by atoms with Crippen molar-refractivity contribution in [3.8, 4) is 23.3 Å². The van der Waals surface area contributed by atoms with Gasteiger partial charge < -0.3 is 17.7 Å². The monoisotopic (exact) mass is 822 g/mol. The zero-order chi connectivity index (χ0) is 40.2. The third-order valence-electron chi connectivity index (χ3n) is 8.76. The Balaban J connectivity index is 1.32. The molecule has 3 aromatic carbocycles. The number of rotatable bonds is 25. The van der Waals surface area contributed by atoms with Gasteiger partial charge in [0.1, 0.15) is 11.5 Å². The average molecular weight is 823 g/mol. The van der Waals surface area contributed by atoms with Crippen molar-refractivity contribution in [1.29, 1.82) is 0 Å². The minimum absolute atomic E-state index is 0.432. The van der Waals surface area contributed by atoms with E-state index in [0.29, 0.717) is 29.4 Å². The minimum atomic E-state index is -2.09. The van der Waals surface area contributed by atoms with Crippen LogP contribution < -0.4 is 9.47 Å². The molecule has 0 radical (unpaired) electrons. The number of hydrogen-bond donors (Lipinski definition) is 0. The van der Waals surface area contributed by atoms with E-state index >= 15 is 0 Å². The predicted molar refractivity (Wildman–Crippen MR) is 234 cm³/mol. The molecule has 0 saturated heterocycles. The van der Waals surface area contributed by atoms with Gasteiger partial charge in [0.25, 0.3) is 0 Å². The lowest BCUT2D eigenvalue weighted by molar-refractivity contribution is 0.0734. The van der Waals surface area contributed by atoms with Crippen molar-refractivity contribution in [2.75, 3.05) is 13.2 Å². The molecule has 0 fully saturated rings. The first-order chi connectivity index (χ1) is 26.1. The smallest absolute Gasteiger partial charge is 0.343 e. The SMILES string of the molecule is CCCCCCCCCCOS(=O)c1ccc(C#Cc2ccc(OC(=O)c3ccc(OCCCCCC[Si](C)(C)O[Si](C)(C)O[Si](C)(C)C)cc3)cc2)cc1. The molecule has 302 valence electrons. The molecule has 1 unspecified atom stereocenters. The Kier molecular flexibility index (Phi) is 20.4. The van der Waals surface area contributed by atoms with Gasteiger partial charge in [-0.25, -0.2) is 9.00 Å². The summed E-state index contributed by atoms with van der Waals surface area (Å²) in [5.74, 6) is 7.01. The maximum absolute atomic E-state index is 12.8. The fourth-order valence-electron chi connectivity index (χ4n) is 6.36. The Hall–Kier alpha value is -2.83. The molecule has 0 bridgehead atoms. The Morgan fingerprint density at radius 2 is 1.11 bits per heavy atom. The molecular formula is C44H66O7SSi3. The van der Waals surface area contributed by atoms with Crippen molar-refractivity contribution < 1.29 is 30.9 Å². The molecule has 1 atom stereocenters. The van der Waals surface area contributed by atoms with E-state index in [1.165, 1.54) is 44.9 Å². The molecule has 0 spiro atoms. The number of hydrogen-bond acceptors (Lipinski definition) is 7. The summed E-state index contributed by atoms with van der Waals surface area (Å²) in [4.78, 5) is 13.4. The third-order valence-corrected chi connectivity index (χ3v) is 19.9. The molecule has 0 heterocycles. The van der Waals surface area contributed by atoms with Crippen LogP contribution in [0.4, 0.5) is 0 Å². The second-order valence-corrected chi connectivity index (χ2v) is 30.1. The molecule has 0 amide bonds. The molecule has 7 nitrogen and oxygen atoms in total. The van der Waals surface area contributed by atoms with Crippen molar-refractivity contribution in [2.24, 2.45) is 0 Å². The summed E-state index contributed by atoms with van der Waals surface area (Å²) in [6.45, 7) is 19.1. The molecule has 0 aliphatic carbocycles. The molecule has 3 aromatic rings. The fraction of sp³-hybridized carbons (Fsp3) is 0.523. The standard InChI is InChI=1S/C44H66O7SSi3/c1-9-10-11-12-13-14-15-19-36-48-52(46)43-33-25-39(26-34-43)22-21-38-23-29-42(30-24-38)49-44(45)40-27-31-41(32-28-40)47-35-18-16-17-20-37-54(5,6)51-55(7,8)50-53(2,3)4/h23-34H,9-20,35-37H2,1-8H3. The zero-order valence-corrected chi connectivity index (χ0v) is 38.6. The van der Waals surface area contributed by atoms with Crippen LogP contribution in [0.2, 0.25) is 51.9 Å². The van der Waals surface area contributed by atoms with E-state index < -0.39 is 42.2 Å². The Morgan fingerprint density at radius 1 is 0.600 bits per heavy atom. The van der Waals surface area contributed by atoms with E-state index in [0.717, 1.165) is 55.0 Å². The van der Waals surface area contributed by atoms with Crippen LogP contribution in [-0.4, -0.2) is 48.6 Å². The van der Waals surface area contributed by atoms with Gasteiger partial charge in [-0.3, -0.25) is 4.18 Å². The van der Waals surface area contributed by atoms with E-state index in [9.17, 15) is 9.00 Å². The highest BCUT2D eigenvalue weighted by Gasteiger charge is 2.37. The molecule has 0 aliphatic rings. The zero-order valence-electron chi connectivity index (χ0n) is 34.8. The summed E-state index contributed by atoms with van der Waals surface area (Å²) >= 11 is -1.47. The van der Waals surface area contributed by atoms with Gasteiger partial charge in [-0.15, -0.1) is 0 Å². The minimum Gasteiger partial charge on any atom is -0.494 e. The number of carbonyl (C=O) groups excluding carboxylic acids is 1. The fourth-order valence-corrected chi connectivity index (χ4v) is 20.4. The van der Waals surface area contributed by atoms with Crippen molar-refractivity contribution in [3.05, 3.63) is 89.5 Å². The summed E-state index contributed by atoms with van der Waals surface area (Å²) in [5.41, 5.74) is 2.05. The molecule has 0 aliphatic heterocycles. The van der Waals surface area contributed by atoms with Crippen molar-refractivity contribution in [3.63, 3.8) is 0 Å². The van der Waals surface area contributed by atoms with Crippen LogP contribution >= 0.6 is 0 Å². The highest BCUT2D eigenvalue weighted by molar-refractivity contribution is 7.80. The van der Waals surface area contributed by atoms with Gasteiger partial charge in [0.2, 0.25) is 0 Å². The second-order valence-electron chi connectivity index (χ2n) is 16.2. The van der Waals surface area contributed by atoms with E-state index in [4.69, 9.17) is 21.9 Å². The normalized spacial score (nSPS) is 12.5. The van der Waals surface area contributed by atoms with E-state index in [1.54, 1.807) is 36.4 Å². The molecule has 55 heavy (non-hydrogen) atoms. The van der Waals surface area contributed by atoms with Gasteiger partial charge in [-0.1, -0.05) is 83.0 Å². The Labute approximate surface area is 338 Å². The van der Waals surface area contributed by atoms with Crippen LogP contribution in [0, 0.1) is 11.8 Å². The lowest BCUT2D eigenvalue weighted by Gasteiger charge is -2.37. The predicted octanol–water partition coefficient (Wildman–Crippen LogP) is 12.2. The summed E-state index contributed by atoms with van der Waals surface area (Å²) in [7, 11) is -5.45. The van der Waals surface area contributed by atoms with E-state index in [2.05, 4.69) is 64.6 Å². The molecule has 0 N–H and O–H groups in total. The molecular weight excluding hydrogens is 757 g/mol. The van der Waals surface area contributed by atoms with Crippen LogP contribution in [0.25, 0.3) is 0 Å². The number of carbonyl (C=O) groups is 1. The third kappa shape index (κ3) is 20.2. The lowest BCUT2D eigenvalue weighted by atomic mass is 10.1. The van der Waals surface area contributed by atoms with Crippen molar-refractivity contribution in [2.45, 2.75) is 141 Å². The molecule has 3 rings (SSSR count). The molecule has 11 heteroatoms. The van der Waals surface area contributed by atoms with Gasteiger partial charge in [-0.05, 0) is 138 Å². The molecule has 0 saturated carbocycles. The number of unbranched alkanes of at least 4 members (excludes halogenated alkanes) is 10. The quantitative estimate of drug-likeness (QED) is 0.0277. The number of esters is 1. The maximum Gasteiger partial charge on any atom is 0.343 e. The summed E-state index contributed by atoms with van der Waals surface area (Å²) < 4.78 is 42.6. The van der Waals surface area contributed by atoms with Crippen LogP contribution in [0.5, 0.6) is 11.5 Å². The topological polar surface area (TPSA) is 80.3 Å². The first-order valence-corrected chi connectivity index (χ1v) is 30.7. The largest absolute Gasteiger partial charge is 0.494 e. The number of ether oxygens (including phenoxy) is 2. The van der Waals surface area contributed by atoms with Crippen molar-refractivity contribution in [1.82, 2.24) is 0 Å². The van der Waals surface area contributed by atoms with Gasteiger partial charge in [0.05, 0.1) is 23.7 Å². The van der Waals surface area contributed by atoms with E-state index in [1.807, 2.05) is 36.4 Å². The lowest BCUT2D eigenvalue weighted by Crippen LogP contribution is -2.51. The van der Waals surface area contributed by atoms with Crippen LogP contribution in [-0.2, 0) is 23.5 Å². The summed E-state index contributed by atoms with van der Waals surface area (Å²) in [5, 5.41) is 0. The maximum atomic E-state index is 12.8.